The first kappa shape index (κ1) is 97.6. The Bertz CT molecular complexity index is 2550. The van der Waals surface area contributed by atoms with Crippen LogP contribution in [0.4, 0.5) is 0 Å². The Labute approximate surface area is 679 Å². The Morgan fingerprint density at radius 3 is 0.883 bits per heavy atom. The van der Waals surface area contributed by atoms with Crippen molar-refractivity contribution in [3.05, 3.63) is 154 Å². The van der Waals surface area contributed by atoms with Gasteiger partial charge in [-0.1, -0.05) is 117 Å². The van der Waals surface area contributed by atoms with E-state index in [2.05, 4.69) is 130 Å². The van der Waals surface area contributed by atoms with Gasteiger partial charge in [-0.3, -0.25) is 4.79 Å². The second kappa shape index (κ2) is 70.1. The first-order valence-electron chi connectivity index (χ1n) is 30.5. The molecule has 25 heteroatoms. The number of alkyl halides is 3. The van der Waals surface area contributed by atoms with E-state index in [1.807, 2.05) is 12.1 Å². The van der Waals surface area contributed by atoms with Gasteiger partial charge < -0.3 is 64.4 Å². The molecular formula is C69H98Br4K2N2O17. The molecule has 0 unspecified atom stereocenters. The summed E-state index contributed by atoms with van der Waals surface area (Å²) >= 11 is 13.1. The third-order valence-corrected chi connectivity index (χ3v) is 14.2. The number of carbonyl (C=O) groups excluding carboxylic acids is 6. The van der Waals surface area contributed by atoms with Crippen molar-refractivity contribution in [2.24, 2.45) is 0 Å². The number of nitrogens with zero attached hydrogens (tertiary/aromatic N) is 1. The monoisotopic (exact) mass is 1620 g/mol. The Kier molecular flexibility index (Phi) is 72.7. The molecule has 5 aromatic carbocycles. The van der Waals surface area contributed by atoms with Crippen LogP contribution in [-0.4, -0.2) is 152 Å². The standard InChI is InChI=1S/C19H31NO3.C19H20O6.C11H13BrO3.C8H7BrO2.C8H19N.C3H6Br2.CH2O3.2K.H/c1-4-6-13-20(14-7-5-2)15-8-16-23-18-11-9-17(10-12-18)19(21)22-3;1-22-18(20)14-4-8-16(9-5-14)24-12-3-13-25-17-10-6-15(7-11-17)19(21)23-2;1-14-11(13)9-3-5-10(6-4-9)15-8-2-7-12;1-11-8(10)6-2-4-7(9)5-3-6;1-3-5-7-9-8-6-4-2;4-2-1-3-5;2-1-4-3;;;/h9-12H,4-8,13-16H2,1-3H3;4-11H,3,12-13H2,1-2H3;3-6H,2,7-8H2,1H3;2-5H,1H3;9H,3-8H2,1-2H3;1-3H2;1,3H;;;/q;;;;;;;2*+1;-1/p-1. The number of methoxy groups -OCH3 is 5. The Morgan fingerprint density at radius 1 is 0.404 bits per heavy atom. The molecular weight excluding hydrogens is 1530 g/mol. The second-order valence-corrected chi connectivity index (χ2v) is 22.4. The average Bonchev–Trinajstić information content (AvgIpc) is 1.61. The van der Waals surface area contributed by atoms with Gasteiger partial charge in [-0.15, -0.1) is 0 Å². The van der Waals surface area contributed by atoms with E-state index in [1.165, 1.54) is 120 Å². The Morgan fingerprint density at radius 2 is 0.649 bits per heavy atom. The second-order valence-electron chi connectivity index (χ2n) is 19.1. The van der Waals surface area contributed by atoms with Gasteiger partial charge in [0.1, 0.15) is 23.0 Å². The van der Waals surface area contributed by atoms with Crippen LogP contribution in [0.1, 0.15) is 158 Å². The van der Waals surface area contributed by atoms with Crippen molar-refractivity contribution in [2.75, 3.05) is 111 Å². The summed E-state index contributed by atoms with van der Waals surface area (Å²) in [5.74, 6) is 1.20. The number of carbonyl (C=O) groups is 6. The summed E-state index contributed by atoms with van der Waals surface area (Å²) in [6.45, 7) is 16.9. The van der Waals surface area contributed by atoms with Crippen LogP contribution in [-0.2, 0) is 33.4 Å². The number of halogens is 4. The molecule has 0 spiro atoms. The van der Waals surface area contributed by atoms with Crippen LogP contribution in [0.5, 0.6) is 23.0 Å². The number of nitrogens with one attached hydrogen (secondary N) is 1. The summed E-state index contributed by atoms with van der Waals surface area (Å²) in [6.07, 6.45) is 14.2. The van der Waals surface area contributed by atoms with E-state index in [4.69, 9.17) is 29.0 Å². The smallest absolute Gasteiger partial charge is 1.00 e. The Balaban J connectivity index is -0.000000354. The molecule has 1 N–H and O–H groups in total. The molecule has 94 heavy (non-hydrogen) atoms. The molecule has 516 valence electrons. The molecule has 0 saturated carbocycles. The molecule has 0 aliphatic heterocycles. The third kappa shape index (κ3) is 53.2. The molecule has 5 rings (SSSR count). The molecule has 0 aliphatic carbocycles. The zero-order valence-electron chi connectivity index (χ0n) is 58.0. The number of esters is 5. The molecule has 0 amide bonds. The van der Waals surface area contributed by atoms with Gasteiger partial charge in [0.25, 0.3) is 6.47 Å². The van der Waals surface area contributed by atoms with Crippen LogP contribution in [0.3, 0.4) is 0 Å². The maximum Gasteiger partial charge on any atom is 1.00 e. The topological polar surface area (TPSA) is 233 Å². The number of hydrogen-bond acceptors (Lipinski definition) is 19. The van der Waals surface area contributed by atoms with Gasteiger partial charge in [0.05, 0.1) is 89.8 Å². The van der Waals surface area contributed by atoms with Crippen LogP contribution < -0.4 is 132 Å². The predicted octanol–water partition coefficient (Wildman–Crippen LogP) is 9.02. The van der Waals surface area contributed by atoms with Gasteiger partial charge in [-0.25, -0.2) is 24.0 Å². The fourth-order valence-corrected chi connectivity index (χ4v) is 8.77. The van der Waals surface area contributed by atoms with Gasteiger partial charge in [-0.05, 0) is 192 Å². The molecule has 0 aliphatic rings. The minimum atomic E-state index is -0.377. The molecule has 0 fully saturated rings. The number of hydrogen-bond donors (Lipinski definition) is 1. The average molecular weight is 1630 g/mol. The van der Waals surface area contributed by atoms with E-state index in [0.29, 0.717) is 72.2 Å². The van der Waals surface area contributed by atoms with Crippen molar-refractivity contribution in [3.63, 3.8) is 0 Å². The summed E-state index contributed by atoms with van der Waals surface area (Å²) in [5, 5.41) is 15.0. The van der Waals surface area contributed by atoms with Crippen molar-refractivity contribution in [2.45, 2.75) is 105 Å². The normalized spacial score (nSPS) is 9.56. The van der Waals surface area contributed by atoms with E-state index >= 15 is 0 Å². The van der Waals surface area contributed by atoms with E-state index in [1.54, 1.807) is 109 Å². The van der Waals surface area contributed by atoms with Crippen molar-refractivity contribution in [1.29, 1.82) is 0 Å². The number of ether oxygens (including phenoxy) is 9. The maximum atomic E-state index is 11.4. The van der Waals surface area contributed by atoms with Crippen LogP contribution in [0.2, 0.25) is 0 Å². The molecule has 0 radical (unpaired) electrons. The van der Waals surface area contributed by atoms with E-state index in [-0.39, 0.29) is 141 Å². The minimum absolute atomic E-state index is 0. The summed E-state index contributed by atoms with van der Waals surface area (Å²) in [5.41, 5.74) is 2.60. The van der Waals surface area contributed by atoms with E-state index in [9.17, 15) is 24.0 Å². The SMILES string of the molecule is BrCCCBr.CCCCN(CCCC)CCCOc1ccc(C(=O)OC)cc1.CCCCNCCCC.COC(=O)c1ccc(Br)cc1.COC(=O)c1ccc(OCCCBr)cc1.COC(=O)c1ccc(OCCCOc2ccc(C(=O)OC)cc2)cc1.O=CO[O-].[H-].[K+].[K+]. The summed E-state index contributed by atoms with van der Waals surface area (Å²) in [6, 6.07) is 34.5. The van der Waals surface area contributed by atoms with E-state index in [0.717, 1.165) is 51.3 Å². The van der Waals surface area contributed by atoms with Crippen molar-refractivity contribution >= 4 is 100 Å². The zero-order chi connectivity index (χ0) is 68.8. The third-order valence-electron chi connectivity index (χ3n) is 12.0. The minimum Gasteiger partial charge on any atom is -1.00 e. The van der Waals surface area contributed by atoms with Crippen molar-refractivity contribution in [1.82, 2.24) is 10.2 Å². The largest absolute Gasteiger partial charge is 1.00 e. The fourth-order valence-electron chi connectivity index (χ4n) is 6.96. The van der Waals surface area contributed by atoms with Crippen LogP contribution >= 0.6 is 63.7 Å². The quantitative estimate of drug-likeness (QED) is 0.00582. The van der Waals surface area contributed by atoms with Gasteiger partial charge in [-0.2, -0.15) is 0 Å². The summed E-state index contributed by atoms with van der Waals surface area (Å²) in [7, 11) is 6.80. The molecule has 0 heterocycles. The fraction of sp³-hybridized carbons (Fsp3) is 0.478. The first-order valence-corrected chi connectivity index (χ1v) is 34.7. The predicted molar refractivity (Wildman–Crippen MR) is 376 cm³/mol. The van der Waals surface area contributed by atoms with Crippen molar-refractivity contribution in [3.8, 4) is 23.0 Å². The van der Waals surface area contributed by atoms with Gasteiger partial charge in [0.15, 0.2) is 0 Å². The van der Waals surface area contributed by atoms with Crippen LogP contribution in [0, 0.1) is 0 Å². The molecule has 0 saturated heterocycles. The number of unbranched alkanes of at least 4 members (excludes halogenated alkanes) is 4. The first-order chi connectivity index (χ1) is 44.6. The number of benzene rings is 5. The molecule has 19 nitrogen and oxygen atoms in total. The van der Waals surface area contributed by atoms with E-state index < -0.39 is 0 Å². The van der Waals surface area contributed by atoms with Crippen molar-refractivity contribution < 1.29 is 186 Å². The molecule has 0 bridgehead atoms. The maximum absolute atomic E-state index is 11.4. The summed E-state index contributed by atoms with van der Waals surface area (Å²) in [4.78, 5) is 69.8. The zero-order valence-corrected chi connectivity index (χ0v) is 69.6. The Hall–Kier alpha value is -2.81. The number of rotatable bonds is 35. The summed E-state index contributed by atoms with van der Waals surface area (Å²) < 4.78 is 46.4. The van der Waals surface area contributed by atoms with Crippen LogP contribution in [0.15, 0.2) is 126 Å². The van der Waals surface area contributed by atoms with Gasteiger partial charge in [0, 0.05) is 33.4 Å². The molecule has 0 aromatic heterocycles. The van der Waals surface area contributed by atoms with Crippen LogP contribution in [0.25, 0.3) is 0 Å². The molecule has 5 aromatic rings. The van der Waals surface area contributed by atoms with Gasteiger partial charge in [0.2, 0.25) is 0 Å². The molecule has 0 atom stereocenters. The van der Waals surface area contributed by atoms with Gasteiger partial charge >= 0.3 is 133 Å².